The van der Waals surface area contributed by atoms with E-state index in [1.54, 1.807) is 6.20 Å². The van der Waals surface area contributed by atoms with Gasteiger partial charge in [-0.15, -0.1) is 0 Å². The number of nitriles is 1. The van der Waals surface area contributed by atoms with Crippen molar-refractivity contribution in [3.05, 3.63) is 30.0 Å². The second-order valence-electron chi connectivity index (χ2n) is 7.04. The number of carbonyl (C=O) groups is 1. The summed E-state index contributed by atoms with van der Waals surface area (Å²) in [6, 6.07) is 7.45. The van der Waals surface area contributed by atoms with E-state index in [1.807, 2.05) is 23.1 Å². The Morgan fingerprint density at radius 1 is 1.19 bits per heavy atom. The van der Waals surface area contributed by atoms with Crippen LogP contribution in [0.15, 0.2) is 24.4 Å². The second-order valence-corrected chi connectivity index (χ2v) is 7.04. The molecule has 26 heavy (non-hydrogen) atoms. The average molecular weight is 350 g/mol. The van der Waals surface area contributed by atoms with Crippen LogP contribution in [0.2, 0.25) is 0 Å². The Morgan fingerprint density at radius 3 is 2.73 bits per heavy atom. The number of carboxylic acids is 1. The maximum Gasteiger partial charge on any atom is 0.326 e. The van der Waals surface area contributed by atoms with Gasteiger partial charge in [-0.25, -0.2) is 9.78 Å². The van der Waals surface area contributed by atoms with Gasteiger partial charge in [-0.05, 0) is 38.2 Å². The number of carboxylic acid groups (broad SMARTS) is 1. The standard InChI is InChI=1S/C20H22N4O2/c21-12-14-6-4-7-15-17(24-11-5-8-16(24)20(25)26)13-22-19(18(14)15)23-9-2-1-3-10-23/h4,6-7,13,16H,1-3,5,8-11H2,(H,25,26). The molecule has 0 saturated carbocycles. The van der Waals surface area contributed by atoms with Gasteiger partial charge in [-0.1, -0.05) is 12.1 Å². The van der Waals surface area contributed by atoms with Crippen LogP contribution in [0.3, 0.4) is 0 Å². The molecule has 4 rings (SSSR count). The Morgan fingerprint density at radius 2 is 2.00 bits per heavy atom. The minimum Gasteiger partial charge on any atom is -0.480 e. The van der Waals surface area contributed by atoms with Crippen LogP contribution in [-0.4, -0.2) is 41.7 Å². The fourth-order valence-corrected chi connectivity index (χ4v) is 4.24. The largest absolute Gasteiger partial charge is 0.480 e. The number of rotatable bonds is 3. The molecule has 2 saturated heterocycles. The first-order valence-corrected chi connectivity index (χ1v) is 9.27. The molecule has 1 unspecified atom stereocenters. The van der Waals surface area contributed by atoms with Crippen LogP contribution in [-0.2, 0) is 4.79 Å². The Bertz CT molecular complexity index is 883. The van der Waals surface area contributed by atoms with E-state index in [2.05, 4.69) is 11.0 Å². The number of hydrogen-bond acceptors (Lipinski definition) is 5. The van der Waals surface area contributed by atoms with Gasteiger partial charge in [-0.3, -0.25) is 0 Å². The highest BCUT2D eigenvalue weighted by Crippen LogP contribution is 2.38. The second kappa shape index (κ2) is 6.83. The quantitative estimate of drug-likeness (QED) is 0.916. The van der Waals surface area contributed by atoms with E-state index in [9.17, 15) is 15.2 Å². The minimum absolute atomic E-state index is 0.522. The Kier molecular flexibility index (Phi) is 4.37. The zero-order chi connectivity index (χ0) is 18.1. The number of benzene rings is 1. The summed E-state index contributed by atoms with van der Waals surface area (Å²) in [6.45, 7) is 2.60. The highest BCUT2D eigenvalue weighted by atomic mass is 16.4. The van der Waals surface area contributed by atoms with Gasteiger partial charge in [0.2, 0.25) is 0 Å². The lowest BCUT2D eigenvalue weighted by Gasteiger charge is -2.31. The molecule has 2 fully saturated rings. The van der Waals surface area contributed by atoms with Crippen molar-refractivity contribution in [2.45, 2.75) is 38.1 Å². The summed E-state index contributed by atoms with van der Waals surface area (Å²) in [6.07, 6.45) is 6.78. The number of anilines is 2. The van der Waals surface area contributed by atoms with Gasteiger partial charge >= 0.3 is 5.97 Å². The summed E-state index contributed by atoms with van der Waals surface area (Å²) in [7, 11) is 0. The maximum absolute atomic E-state index is 11.6. The van der Waals surface area contributed by atoms with Crippen molar-refractivity contribution < 1.29 is 9.90 Å². The summed E-state index contributed by atoms with van der Waals surface area (Å²) in [5, 5.41) is 21.0. The van der Waals surface area contributed by atoms with Crippen molar-refractivity contribution in [2.24, 2.45) is 0 Å². The topological polar surface area (TPSA) is 80.5 Å². The normalized spacial score (nSPS) is 20.3. The fraction of sp³-hybridized carbons (Fsp3) is 0.450. The molecule has 2 aliphatic heterocycles. The molecule has 134 valence electrons. The number of nitrogens with zero attached hydrogens (tertiary/aromatic N) is 4. The van der Waals surface area contributed by atoms with Crippen molar-refractivity contribution in [3.8, 4) is 6.07 Å². The molecule has 0 amide bonds. The van der Waals surface area contributed by atoms with Crippen LogP contribution < -0.4 is 9.80 Å². The molecule has 0 spiro atoms. The third kappa shape index (κ3) is 2.74. The predicted molar refractivity (Wildman–Crippen MR) is 101 cm³/mol. The van der Waals surface area contributed by atoms with Crippen molar-refractivity contribution in [2.75, 3.05) is 29.4 Å². The summed E-state index contributed by atoms with van der Waals surface area (Å²) in [4.78, 5) is 20.5. The molecule has 0 bridgehead atoms. The van der Waals surface area contributed by atoms with Gasteiger partial charge < -0.3 is 14.9 Å². The number of hydrogen-bond donors (Lipinski definition) is 1. The highest BCUT2D eigenvalue weighted by molar-refractivity contribution is 6.04. The van der Waals surface area contributed by atoms with Crippen LogP contribution in [0.1, 0.15) is 37.7 Å². The lowest BCUT2D eigenvalue weighted by molar-refractivity contribution is -0.138. The monoisotopic (exact) mass is 350 g/mol. The SMILES string of the molecule is N#Cc1cccc2c(N3CCCC3C(=O)O)cnc(N3CCCCC3)c12. The third-order valence-corrected chi connectivity index (χ3v) is 5.50. The first-order valence-electron chi connectivity index (χ1n) is 9.27. The number of pyridine rings is 1. The number of aromatic nitrogens is 1. The summed E-state index contributed by atoms with van der Waals surface area (Å²) in [5.41, 5.74) is 1.42. The molecular formula is C20H22N4O2. The van der Waals surface area contributed by atoms with Crippen molar-refractivity contribution in [3.63, 3.8) is 0 Å². The first kappa shape index (κ1) is 16.6. The van der Waals surface area contributed by atoms with Crippen LogP contribution in [0.5, 0.6) is 0 Å². The van der Waals surface area contributed by atoms with Gasteiger partial charge in [0.05, 0.1) is 23.5 Å². The Hall–Kier alpha value is -2.81. The third-order valence-electron chi connectivity index (χ3n) is 5.50. The molecule has 1 aromatic heterocycles. The van der Waals surface area contributed by atoms with E-state index >= 15 is 0 Å². The summed E-state index contributed by atoms with van der Waals surface area (Å²) >= 11 is 0. The average Bonchev–Trinajstić information content (AvgIpc) is 3.17. The fourth-order valence-electron chi connectivity index (χ4n) is 4.24. The van der Waals surface area contributed by atoms with Gasteiger partial charge in [0.25, 0.3) is 0 Å². The molecule has 6 heteroatoms. The molecule has 3 heterocycles. The van der Waals surface area contributed by atoms with Gasteiger partial charge in [0.15, 0.2) is 0 Å². The van der Waals surface area contributed by atoms with E-state index in [0.29, 0.717) is 18.5 Å². The highest BCUT2D eigenvalue weighted by Gasteiger charge is 2.32. The van der Waals surface area contributed by atoms with E-state index in [1.165, 1.54) is 6.42 Å². The van der Waals surface area contributed by atoms with Crippen molar-refractivity contribution in [1.82, 2.24) is 4.98 Å². The van der Waals surface area contributed by atoms with Gasteiger partial charge in [0.1, 0.15) is 11.9 Å². The number of aliphatic carboxylic acids is 1. The van der Waals surface area contributed by atoms with E-state index < -0.39 is 12.0 Å². The maximum atomic E-state index is 11.6. The predicted octanol–water partition coefficient (Wildman–Crippen LogP) is 3.15. The van der Waals surface area contributed by atoms with Gasteiger partial charge in [-0.2, -0.15) is 5.26 Å². The summed E-state index contributed by atoms with van der Waals surface area (Å²) < 4.78 is 0. The molecule has 6 nitrogen and oxygen atoms in total. The minimum atomic E-state index is -0.799. The van der Waals surface area contributed by atoms with E-state index in [-0.39, 0.29) is 0 Å². The van der Waals surface area contributed by atoms with Crippen LogP contribution in [0.25, 0.3) is 10.8 Å². The smallest absolute Gasteiger partial charge is 0.326 e. The number of piperidine rings is 1. The van der Waals surface area contributed by atoms with E-state index in [0.717, 1.165) is 54.6 Å². The van der Waals surface area contributed by atoms with Gasteiger partial charge in [0, 0.05) is 30.4 Å². The van der Waals surface area contributed by atoms with Crippen LogP contribution in [0.4, 0.5) is 11.5 Å². The molecule has 0 radical (unpaired) electrons. The Labute approximate surface area is 152 Å². The molecule has 1 N–H and O–H groups in total. The van der Waals surface area contributed by atoms with Crippen molar-refractivity contribution >= 4 is 28.2 Å². The summed E-state index contributed by atoms with van der Waals surface area (Å²) in [5.74, 6) is 0.0545. The van der Waals surface area contributed by atoms with Crippen molar-refractivity contribution in [1.29, 1.82) is 5.26 Å². The zero-order valence-corrected chi connectivity index (χ0v) is 14.7. The first-order chi connectivity index (χ1) is 12.7. The molecule has 1 atom stereocenters. The van der Waals surface area contributed by atoms with Crippen LogP contribution in [0, 0.1) is 11.3 Å². The van der Waals surface area contributed by atoms with E-state index in [4.69, 9.17) is 4.98 Å². The Balaban J connectivity index is 1.89. The lowest BCUT2D eigenvalue weighted by atomic mass is 10.0. The molecular weight excluding hydrogens is 328 g/mol. The lowest BCUT2D eigenvalue weighted by Crippen LogP contribution is -2.36. The molecule has 0 aliphatic carbocycles. The molecule has 1 aromatic carbocycles. The number of fused-ring (bicyclic) bond motifs is 1. The zero-order valence-electron chi connectivity index (χ0n) is 14.7. The molecule has 2 aliphatic rings. The molecule has 2 aromatic rings. The van der Waals surface area contributed by atoms with Crippen LogP contribution >= 0.6 is 0 Å².